The molecule has 0 aliphatic carbocycles. The summed E-state index contributed by atoms with van der Waals surface area (Å²) in [5, 5.41) is 8.52. The molecule has 0 unspecified atom stereocenters. The van der Waals surface area contributed by atoms with Crippen LogP contribution in [0.5, 0.6) is 0 Å². The average molecular weight is 273 g/mol. The van der Waals surface area contributed by atoms with Gasteiger partial charge in [0.25, 0.3) is 11.5 Å². The first-order chi connectivity index (χ1) is 9.45. The van der Waals surface area contributed by atoms with Gasteiger partial charge < -0.3 is 11.1 Å². The Morgan fingerprint density at radius 2 is 2.10 bits per heavy atom. The Balaban J connectivity index is 2.24. The number of carbonyl (C=O) groups excluding carboxylic acids is 1. The number of aromatic nitrogens is 3. The normalized spacial score (nSPS) is 10.6. The highest BCUT2D eigenvalue weighted by Crippen LogP contribution is 2.16. The van der Waals surface area contributed by atoms with Gasteiger partial charge in [-0.2, -0.15) is 5.10 Å². The van der Waals surface area contributed by atoms with E-state index in [0.29, 0.717) is 5.56 Å². The van der Waals surface area contributed by atoms with Crippen molar-refractivity contribution in [1.29, 1.82) is 0 Å². The SMILES string of the molecule is CC(C)c1cc(C(=O)Nc2ccc(=O)[nH]n2)cc(N)n1. The Labute approximate surface area is 115 Å². The number of hydrogen-bond donors (Lipinski definition) is 3. The molecule has 0 fully saturated rings. The van der Waals surface area contributed by atoms with E-state index in [4.69, 9.17) is 5.73 Å². The molecule has 0 bridgehead atoms. The van der Waals surface area contributed by atoms with Gasteiger partial charge in [0.1, 0.15) is 5.82 Å². The van der Waals surface area contributed by atoms with E-state index in [1.54, 1.807) is 6.07 Å². The Morgan fingerprint density at radius 1 is 1.35 bits per heavy atom. The van der Waals surface area contributed by atoms with E-state index in [-0.39, 0.29) is 29.0 Å². The maximum Gasteiger partial charge on any atom is 0.264 e. The second kappa shape index (κ2) is 5.52. The van der Waals surface area contributed by atoms with Crippen LogP contribution in [0.3, 0.4) is 0 Å². The Bertz CT molecular complexity index is 673. The van der Waals surface area contributed by atoms with Gasteiger partial charge in [-0.05, 0) is 24.1 Å². The molecule has 0 atom stereocenters. The molecular weight excluding hydrogens is 258 g/mol. The topological polar surface area (TPSA) is 114 Å². The van der Waals surface area contributed by atoms with Gasteiger partial charge >= 0.3 is 0 Å². The molecular formula is C13H15N5O2. The zero-order valence-electron chi connectivity index (χ0n) is 11.2. The molecule has 104 valence electrons. The summed E-state index contributed by atoms with van der Waals surface area (Å²) in [6.45, 7) is 3.93. The van der Waals surface area contributed by atoms with Crippen LogP contribution in [0.4, 0.5) is 11.6 Å². The van der Waals surface area contributed by atoms with E-state index in [9.17, 15) is 9.59 Å². The summed E-state index contributed by atoms with van der Waals surface area (Å²) in [7, 11) is 0. The summed E-state index contributed by atoms with van der Waals surface area (Å²) in [4.78, 5) is 27.2. The third-order valence-electron chi connectivity index (χ3n) is 2.64. The number of nitrogens with two attached hydrogens (primary N) is 1. The van der Waals surface area contributed by atoms with Gasteiger partial charge in [0.05, 0.1) is 0 Å². The highest BCUT2D eigenvalue weighted by molar-refractivity contribution is 6.04. The van der Waals surface area contributed by atoms with Crippen molar-refractivity contribution in [3.05, 3.63) is 45.9 Å². The highest BCUT2D eigenvalue weighted by Gasteiger charge is 2.11. The number of nitrogen functional groups attached to an aromatic ring is 1. The van der Waals surface area contributed by atoms with E-state index in [1.807, 2.05) is 13.8 Å². The number of rotatable bonds is 3. The minimum absolute atomic E-state index is 0.163. The van der Waals surface area contributed by atoms with Gasteiger partial charge in [0.2, 0.25) is 0 Å². The fourth-order valence-corrected chi connectivity index (χ4v) is 1.60. The van der Waals surface area contributed by atoms with Crippen LogP contribution in [0.25, 0.3) is 0 Å². The van der Waals surface area contributed by atoms with Gasteiger partial charge in [0.15, 0.2) is 5.82 Å². The average Bonchev–Trinajstić information content (AvgIpc) is 2.40. The van der Waals surface area contributed by atoms with Crippen LogP contribution in [0, 0.1) is 0 Å². The number of amides is 1. The minimum atomic E-state index is -0.361. The second-order valence-electron chi connectivity index (χ2n) is 4.62. The molecule has 2 aromatic rings. The first-order valence-corrected chi connectivity index (χ1v) is 6.10. The number of H-pyrrole nitrogens is 1. The molecule has 20 heavy (non-hydrogen) atoms. The summed E-state index contributed by atoms with van der Waals surface area (Å²) in [6, 6.07) is 5.88. The monoisotopic (exact) mass is 273 g/mol. The van der Waals surface area contributed by atoms with E-state index in [1.165, 1.54) is 18.2 Å². The zero-order chi connectivity index (χ0) is 14.7. The first-order valence-electron chi connectivity index (χ1n) is 6.10. The number of carbonyl (C=O) groups is 1. The quantitative estimate of drug-likeness (QED) is 0.775. The van der Waals surface area contributed by atoms with Crippen molar-refractivity contribution in [3.63, 3.8) is 0 Å². The summed E-state index contributed by atoms with van der Waals surface area (Å²) >= 11 is 0. The third-order valence-corrected chi connectivity index (χ3v) is 2.64. The Hall–Kier alpha value is -2.70. The van der Waals surface area contributed by atoms with Crippen LogP contribution in [-0.4, -0.2) is 21.1 Å². The maximum absolute atomic E-state index is 12.1. The highest BCUT2D eigenvalue weighted by atomic mass is 16.2. The molecule has 0 radical (unpaired) electrons. The first kappa shape index (κ1) is 13.7. The van der Waals surface area contributed by atoms with Gasteiger partial charge in [-0.3, -0.25) is 9.59 Å². The molecule has 2 heterocycles. The summed E-state index contributed by atoms with van der Waals surface area (Å²) < 4.78 is 0. The smallest absolute Gasteiger partial charge is 0.264 e. The number of hydrogen-bond acceptors (Lipinski definition) is 5. The molecule has 0 aliphatic rings. The van der Waals surface area contributed by atoms with Crippen LogP contribution in [0.1, 0.15) is 35.8 Å². The third kappa shape index (κ3) is 3.19. The number of pyridine rings is 1. The molecule has 0 saturated carbocycles. The number of anilines is 2. The number of nitrogens with zero attached hydrogens (tertiary/aromatic N) is 2. The Kier molecular flexibility index (Phi) is 3.79. The summed E-state index contributed by atoms with van der Waals surface area (Å²) in [5.41, 5.74) is 6.50. The molecule has 2 aromatic heterocycles. The zero-order valence-corrected chi connectivity index (χ0v) is 11.2. The molecule has 7 heteroatoms. The molecule has 0 saturated heterocycles. The van der Waals surface area contributed by atoms with E-state index in [2.05, 4.69) is 20.5 Å². The van der Waals surface area contributed by atoms with E-state index in [0.717, 1.165) is 5.69 Å². The predicted molar refractivity (Wildman–Crippen MR) is 75.5 cm³/mol. The molecule has 0 spiro atoms. The van der Waals surface area contributed by atoms with Crippen LogP contribution in [-0.2, 0) is 0 Å². The van der Waals surface area contributed by atoms with Gasteiger partial charge in [-0.15, -0.1) is 0 Å². The van der Waals surface area contributed by atoms with Crippen molar-refractivity contribution < 1.29 is 4.79 Å². The van der Waals surface area contributed by atoms with Gasteiger partial charge in [-0.25, -0.2) is 10.1 Å². The lowest BCUT2D eigenvalue weighted by atomic mass is 10.1. The van der Waals surface area contributed by atoms with Crippen molar-refractivity contribution in [2.45, 2.75) is 19.8 Å². The number of nitrogens with one attached hydrogen (secondary N) is 2. The van der Waals surface area contributed by atoms with Crippen LogP contribution in [0.15, 0.2) is 29.1 Å². The van der Waals surface area contributed by atoms with Crippen LogP contribution >= 0.6 is 0 Å². The van der Waals surface area contributed by atoms with Crippen molar-refractivity contribution in [1.82, 2.24) is 15.2 Å². The maximum atomic E-state index is 12.1. The van der Waals surface area contributed by atoms with Crippen molar-refractivity contribution >= 4 is 17.5 Å². The molecule has 2 rings (SSSR count). The fraction of sp³-hybridized carbons (Fsp3) is 0.231. The second-order valence-corrected chi connectivity index (χ2v) is 4.62. The van der Waals surface area contributed by atoms with Crippen molar-refractivity contribution in [3.8, 4) is 0 Å². The lowest BCUT2D eigenvalue weighted by Crippen LogP contribution is -2.16. The lowest BCUT2D eigenvalue weighted by Gasteiger charge is -2.09. The van der Waals surface area contributed by atoms with Gasteiger partial charge in [0, 0.05) is 17.3 Å². The molecule has 0 aromatic carbocycles. The van der Waals surface area contributed by atoms with Crippen molar-refractivity contribution in [2.75, 3.05) is 11.1 Å². The number of aromatic amines is 1. The molecule has 7 nitrogen and oxygen atoms in total. The molecule has 0 aliphatic heterocycles. The van der Waals surface area contributed by atoms with E-state index < -0.39 is 0 Å². The summed E-state index contributed by atoms with van der Waals surface area (Å²) in [6.07, 6.45) is 0. The fourth-order valence-electron chi connectivity index (χ4n) is 1.60. The van der Waals surface area contributed by atoms with Crippen LogP contribution < -0.4 is 16.6 Å². The minimum Gasteiger partial charge on any atom is -0.384 e. The lowest BCUT2D eigenvalue weighted by molar-refractivity contribution is 0.102. The van der Waals surface area contributed by atoms with Gasteiger partial charge in [-0.1, -0.05) is 13.8 Å². The molecule has 1 amide bonds. The summed E-state index contributed by atoms with van der Waals surface area (Å²) in [5.74, 6) is 0.351. The standard InChI is InChI=1S/C13H15N5O2/c1-7(2)9-5-8(6-10(14)15-9)13(20)16-11-3-4-12(19)18-17-11/h3-7H,1-2H3,(H2,14,15)(H,18,19)(H,16,17,20). The van der Waals surface area contributed by atoms with Crippen molar-refractivity contribution in [2.24, 2.45) is 0 Å². The Morgan fingerprint density at radius 3 is 2.70 bits per heavy atom. The predicted octanol–water partition coefficient (Wildman–Crippen LogP) is 1.12. The largest absolute Gasteiger partial charge is 0.384 e. The van der Waals surface area contributed by atoms with E-state index >= 15 is 0 Å². The van der Waals surface area contributed by atoms with Crippen LogP contribution in [0.2, 0.25) is 0 Å². The molecule has 4 N–H and O–H groups in total.